The van der Waals surface area contributed by atoms with Gasteiger partial charge in [0.05, 0.1) is 11.1 Å². The number of nitrogens with zero attached hydrogens (tertiary/aromatic N) is 1. The molecule has 9 heavy (non-hydrogen) atoms. The zero-order chi connectivity index (χ0) is 7.44. The Hall–Kier alpha value is -1.39. The van der Waals surface area contributed by atoms with Crippen molar-refractivity contribution in [2.75, 3.05) is 0 Å². The third-order valence-corrected chi connectivity index (χ3v) is 0.715. The van der Waals surface area contributed by atoms with Crippen LogP contribution < -0.4 is 5.73 Å². The molecule has 0 amide bonds. The number of hydrogen-bond acceptors (Lipinski definition) is 4. The number of rotatable bonds is 2. The SMILES string of the molecule is CC(=O)/C(=C/N)[N+](=O)[O-]. The summed E-state index contributed by atoms with van der Waals surface area (Å²) in [4.78, 5) is 19.2. The summed E-state index contributed by atoms with van der Waals surface area (Å²) >= 11 is 0. The molecule has 5 nitrogen and oxygen atoms in total. The van der Waals surface area contributed by atoms with Gasteiger partial charge in [-0.15, -0.1) is 0 Å². The van der Waals surface area contributed by atoms with Crippen molar-refractivity contribution >= 4 is 5.78 Å². The van der Waals surface area contributed by atoms with Crippen molar-refractivity contribution < 1.29 is 9.72 Å². The lowest BCUT2D eigenvalue weighted by Gasteiger charge is -1.87. The van der Waals surface area contributed by atoms with E-state index in [0.29, 0.717) is 6.20 Å². The number of ketones is 1. The molecule has 2 N–H and O–H groups in total. The molecule has 0 unspecified atom stereocenters. The summed E-state index contributed by atoms with van der Waals surface area (Å²) in [5.41, 5.74) is 4.18. The van der Waals surface area contributed by atoms with Gasteiger partial charge in [-0.05, 0) is 0 Å². The first-order valence-electron chi connectivity index (χ1n) is 2.16. The maximum absolute atomic E-state index is 10.2. The first-order valence-corrected chi connectivity index (χ1v) is 2.16. The molecule has 0 fully saturated rings. The standard InChI is InChI=1S/C4H6N2O3/c1-3(7)4(2-5)6(8)9/h2H,5H2,1H3/b4-2-. The lowest BCUT2D eigenvalue weighted by atomic mass is 10.3. The molecule has 0 aliphatic heterocycles. The number of allylic oxidation sites excluding steroid dienone is 1. The topological polar surface area (TPSA) is 86.2 Å². The van der Waals surface area contributed by atoms with Crippen LogP contribution in [0, 0.1) is 10.1 Å². The number of Topliss-reactive ketones (excluding diaryl/α,β-unsaturated/α-hetero) is 1. The monoisotopic (exact) mass is 130 g/mol. The Kier molecular flexibility index (Phi) is 2.37. The van der Waals surface area contributed by atoms with Gasteiger partial charge in [0.1, 0.15) is 0 Å². The van der Waals surface area contributed by atoms with Gasteiger partial charge in [0, 0.05) is 6.92 Å². The molecule has 0 aliphatic rings. The Morgan fingerprint density at radius 1 is 1.78 bits per heavy atom. The Balaban J connectivity index is 4.38. The van der Waals surface area contributed by atoms with Gasteiger partial charge in [-0.1, -0.05) is 0 Å². The molecule has 0 radical (unpaired) electrons. The van der Waals surface area contributed by atoms with Gasteiger partial charge in [0.2, 0.25) is 5.78 Å². The summed E-state index contributed by atoms with van der Waals surface area (Å²) in [5, 5.41) is 9.81. The van der Waals surface area contributed by atoms with E-state index in [1.165, 1.54) is 0 Å². The molecule has 0 aromatic rings. The first kappa shape index (κ1) is 7.61. The maximum Gasteiger partial charge on any atom is 0.326 e. The second kappa shape index (κ2) is 2.81. The van der Waals surface area contributed by atoms with E-state index in [1.807, 2.05) is 0 Å². The van der Waals surface area contributed by atoms with Gasteiger partial charge in [-0.3, -0.25) is 14.9 Å². The molecule has 0 saturated heterocycles. The van der Waals surface area contributed by atoms with E-state index in [9.17, 15) is 14.9 Å². The summed E-state index contributed by atoms with van der Waals surface area (Å²) in [5.74, 6) is -0.637. The highest BCUT2D eigenvalue weighted by atomic mass is 16.6. The number of nitro groups is 1. The van der Waals surface area contributed by atoms with E-state index < -0.39 is 16.4 Å². The lowest BCUT2D eigenvalue weighted by Crippen LogP contribution is -2.09. The van der Waals surface area contributed by atoms with Crippen LogP contribution in [-0.2, 0) is 4.79 Å². The Labute approximate surface area is 51.3 Å². The van der Waals surface area contributed by atoms with Crippen LogP contribution in [0.25, 0.3) is 0 Å². The predicted molar refractivity (Wildman–Crippen MR) is 29.9 cm³/mol. The van der Waals surface area contributed by atoms with E-state index in [4.69, 9.17) is 5.73 Å². The zero-order valence-electron chi connectivity index (χ0n) is 4.83. The highest BCUT2D eigenvalue weighted by molar-refractivity contribution is 5.90. The number of carbonyl (C=O) groups excluding carboxylic acids is 1. The van der Waals surface area contributed by atoms with E-state index in [-0.39, 0.29) is 0 Å². The van der Waals surface area contributed by atoms with Crippen LogP contribution in [0.3, 0.4) is 0 Å². The van der Waals surface area contributed by atoms with Crippen molar-refractivity contribution in [2.45, 2.75) is 6.92 Å². The molecule has 50 valence electrons. The molecule has 0 aromatic heterocycles. The first-order chi connectivity index (χ1) is 4.09. The number of nitrogens with two attached hydrogens (primary N) is 1. The van der Waals surface area contributed by atoms with Crippen molar-refractivity contribution in [1.82, 2.24) is 0 Å². The van der Waals surface area contributed by atoms with Gasteiger partial charge in [0.25, 0.3) is 0 Å². The van der Waals surface area contributed by atoms with Crippen LogP contribution in [0.4, 0.5) is 0 Å². The molecule has 0 aromatic carbocycles. The lowest BCUT2D eigenvalue weighted by molar-refractivity contribution is -0.418. The van der Waals surface area contributed by atoms with E-state index in [1.54, 1.807) is 0 Å². The highest BCUT2D eigenvalue weighted by Crippen LogP contribution is 1.92. The summed E-state index contributed by atoms with van der Waals surface area (Å²) in [6.45, 7) is 1.08. The number of hydrogen-bond donors (Lipinski definition) is 1. The molecule has 0 bridgehead atoms. The van der Waals surface area contributed by atoms with E-state index >= 15 is 0 Å². The van der Waals surface area contributed by atoms with Crippen molar-refractivity contribution in [3.05, 3.63) is 22.0 Å². The Bertz CT molecular complexity index is 157. The predicted octanol–water partition coefficient (Wildman–Crippen LogP) is -0.348. The van der Waals surface area contributed by atoms with Gasteiger partial charge in [0.15, 0.2) is 0 Å². The molecule has 0 rings (SSSR count). The van der Waals surface area contributed by atoms with Crippen molar-refractivity contribution in [3.8, 4) is 0 Å². The fourth-order valence-electron chi connectivity index (χ4n) is 0.307. The van der Waals surface area contributed by atoms with Gasteiger partial charge in [-0.25, -0.2) is 0 Å². The van der Waals surface area contributed by atoms with E-state index in [2.05, 4.69) is 0 Å². The Morgan fingerprint density at radius 2 is 2.22 bits per heavy atom. The summed E-state index contributed by atoms with van der Waals surface area (Å²) in [6.07, 6.45) is 0.683. The van der Waals surface area contributed by atoms with Crippen molar-refractivity contribution in [2.24, 2.45) is 5.73 Å². The summed E-state index contributed by atoms with van der Waals surface area (Å²) < 4.78 is 0. The highest BCUT2D eigenvalue weighted by Gasteiger charge is 2.14. The molecule has 0 atom stereocenters. The summed E-state index contributed by atoms with van der Waals surface area (Å²) in [7, 11) is 0. The molecule has 0 saturated carbocycles. The van der Waals surface area contributed by atoms with Crippen LogP contribution in [0.1, 0.15) is 6.92 Å². The molecule has 0 spiro atoms. The average Bonchev–Trinajstić information content (AvgIpc) is 1.64. The smallest absolute Gasteiger partial charge is 0.326 e. The van der Waals surface area contributed by atoms with Crippen molar-refractivity contribution in [1.29, 1.82) is 0 Å². The van der Waals surface area contributed by atoms with Crippen LogP contribution in [-0.4, -0.2) is 10.7 Å². The second-order valence-electron chi connectivity index (χ2n) is 1.37. The number of carbonyl (C=O) groups is 1. The molecular weight excluding hydrogens is 124 g/mol. The molecule has 0 aliphatic carbocycles. The van der Waals surface area contributed by atoms with Gasteiger partial charge in [-0.2, -0.15) is 0 Å². The minimum atomic E-state index is -0.817. The van der Waals surface area contributed by atoms with Gasteiger partial charge < -0.3 is 5.73 Å². The summed E-state index contributed by atoms with van der Waals surface area (Å²) in [6, 6.07) is 0. The Morgan fingerprint density at radius 3 is 2.22 bits per heavy atom. The zero-order valence-corrected chi connectivity index (χ0v) is 4.83. The van der Waals surface area contributed by atoms with Crippen LogP contribution in [0.5, 0.6) is 0 Å². The minimum Gasteiger partial charge on any atom is -0.399 e. The van der Waals surface area contributed by atoms with Gasteiger partial charge >= 0.3 is 5.70 Å². The third kappa shape index (κ3) is 1.89. The average molecular weight is 130 g/mol. The fraction of sp³-hybridized carbons (Fsp3) is 0.250. The third-order valence-electron chi connectivity index (χ3n) is 0.715. The van der Waals surface area contributed by atoms with Crippen LogP contribution in [0.15, 0.2) is 11.9 Å². The fourth-order valence-corrected chi connectivity index (χ4v) is 0.307. The normalized spacial score (nSPS) is 11.0. The van der Waals surface area contributed by atoms with Crippen LogP contribution >= 0.6 is 0 Å². The van der Waals surface area contributed by atoms with Crippen LogP contribution in [0.2, 0.25) is 0 Å². The molecule has 5 heteroatoms. The molecule has 0 heterocycles. The largest absolute Gasteiger partial charge is 0.399 e. The quantitative estimate of drug-likeness (QED) is 0.314. The maximum atomic E-state index is 10.2. The van der Waals surface area contributed by atoms with E-state index in [0.717, 1.165) is 6.92 Å². The molecular formula is C4H6N2O3. The second-order valence-corrected chi connectivity index (χ2v) is 1.37. The van der Waals surface area contributed by atoms with Crippen molar-refractivity contribution in [3.63, 3.8) is 0 Å². The minimum absolute atomic E-state index is 0.574.